The predicted molar refractivity (Wildman–Crippen MR) is 61.6 cm³/mol. The summed E-state index contributed by atoms with van der Waals surface area (Å²) in [6, 6.07) is -0.0686. The first-order chi connectivity index (χ1) is 7.43. The van der Waals surface area contributed by atoms with Crippen molar-refractivity contribution in [2.75, 3.05) is 0 Å². The van der Waals surface area contributed by atoms with E-state index < -0.39 is 17.8 Å². The molecular weight excluding hydrogens is 206 g/mol. The summed E-state index contributed by atoms with van der Waals surface area (Å²) in [5, 5.41) is 11.5. The molecular formula is C12H19NO3. The van der Waals surface area contributed by atoms with Crippen LogP contribution in [-0.4, -0.2) is 23.0 Å². The van der Waals surface area contributed by atoms with Crippen LogP contribution in [0.15, 0.2) is 0 Å². The number of carbonyl (C=O) groups is 2. The maximum Gasteiger partial charge on any atom is 0.307 e. The number of carboxylic acid groups (broad SMARTS) is 1. The van der Waals surface area contributed by atoms with Gasteiger partial charge in [0.25, 0.3) is 0 Å². The highest BCUT2D eigenvalue weighted by atomic mass is 16.4. The quantitative estimate of drug-likeness (QED) is 0.669. The first kappa shape index (κ1) is 14.5. The van der Waals surface area contributed by atoms with Crippen LogP contribution in [0.25, 0.3) is 0 Å². The van der Waals surface area contributed by atoms with Crippen LogP contribution in [0.5, 0.6) is 0 Å². The van der Waals surface area contributed by atoms with Crippen LogP contribution in [-0.2, 0) is 9.59 Å². The lowest BCUT2D eigenvalue weighted by Crippen LogP contribution is -2.40. The zero-order valence-electron chi connectivity index (χ0n) is 9.99. The molecule has 0 spiro atoms. The molecule has 0 radical (unpaired) electrons. The van der Waals surface area contributed by atoms with Gasteiger partial charge in [0.15, 0.2) is 0 Å². The molecule has 16 heavy (non-hydrogen) atoms. The normalized spacial score (nSPS) is 15.6. The van der Waals surface area contributed by atoms with Crippen LogP contribution < -0.4 is 5.32 Å². The summed E-state index contributed by atoms with van der Waals surface area (Å²) in [4.78, 5) is 22.4. The molecule has 3 atom stereocenters. The van der Waals surface area contributed by atoms with E-state index in [2.05, 4.69) is 11.2 Å². The summed E-state index contributed by atoms with van der Waals surface area (Å²) in [6.07, 6.45) is 6.38. The van der Waals surface area contributed by atoms with Gasteiger partial charge in [0.1, 0.15) is 0 Å². The fourth-order valence-electron chi connectivity index (χ4n) is 1.21. The van der Waals surface area contributed by atoms with Gasteiger partial charge in [0, 0.05) is 18.4 Å². The van der Waals surface area contributed by atoms with Gasteiger partial charge >= 0.3 is 5.97 Å². The van der Waals surface area contributed by atoms with Crippen molar-refractivity contribution in [3.05, 3.63) is 0 Å². The van der Waals surface area contributed by atoms with Gasteiger partial charge in [-0.15, -0.1) is 12.3 Å². The Labute approximate surface area is 96.4 Å². The van der Waals surface area contributed by atoms with E-state index in [1.807, 2.05) is 6.92 Å². The average Bonchev–Trinajstić information content (AvgIpc) is 2.25. The molecule has 4 nitrogen and oxygen atoms in total. The van der Waals surface area contributed by atoms with Crippen LogP contribution in [0.1, 0.15) is 33.6 Å². The SMILES string of the molecule is C#CCC(CC)NC(=O)C(C)C(C)C(=O)O. The highest BCUT2D eigenvalue weighted by molar-refractivity contribution is 5.84. The second kappa shape index (κ2) is 6.89. The van der Waals surface area contributed by atoms with Crippen molar-refractivity contribution in [2.45, 2.75) is 39.7 Å². The molecule has 0 aromatic carbocycles. The van der Waals surface area contributed by atoms with Crippen LogP contribution in [0.3, 0.4) is 0 Å². The largest absolute Gasteiger partial charge is 0.481 e. The standard InChI is InChI=1S/C12H19NO3/c1-5-7-10(6-2)13-11(14)8(3)9(4)12(15)16/h1,8-10H,6-7H2,2-4H3,(H,13,14)(H,15,16). The molecule has 0 rings (SSSR count). The summed E-state index contributed by atoms with van der Waals surface area (Å²) >= 11 is 0. The van der Waals surface area contributed by atoms with Crippen molar-refractivity contribution in [3.63, 3.8) is 0 Å². The fourth-order valence-corrected chi connectivity index (χ4v) is 1.21. The number of nitrogens with one attached hydrogen (secondary N) is 1. The third-order valence-corrected chi connectivity index (χ3v) is 2.76. The summed E-state index contributed by atoms with van der Waals surface area (Å²) in [5.74, 6) is 0.0231. The Balaban J connectivity index is 4.34. The minimum atomic E-state index is -0.965. The van der Waals surface area contributed by atoms with Crippen LogP contribution >= 0.6 is 0 Å². The van der Waals surface area contributed by atoms with Crippen molar-refractivity contribution >= 4 is 11.9 Å². The van der Waals surface area contributed by atoms with E-state index in [0.717, 1.165) is 6.42 Å². The lowest BCUT2D eigenvalue weighted by molar-refractivity contribution is -0.146. The van der Waals surface area contributed by atoms with Crippen molar-refractivity contribution in [3.8, 4) is 12.3 Å². The number of rotatable bonds is 6. The first-order valence-electron chi connectivity index (χ1n) is 5.40. The number of carbonyl (C=O) groups excluding carboxylic acids is 1. The monoisotopic (exact) mass is 225 g/mol. The highest BCUT2D eigenvalue weighted by Gasteiger charge is 2.26. The molecule has 0 aliphatic heterocycles. The second-order valence-corrected chi connectivity index (χ2v) is 3.94. The molecule has 0 saturated carbocycles. The number of hydrogen-bond acceptors (Lipinski definition) is 2. The molecule has 1 amide bonds. The van der Waals surface area contributed by atoms with Crippen LogP contribution in [0.2, 0.25) is 0 Å². The van der Waals surface area contributed by atoms with Gasteiger partial charge in [-0.2, -0.15) is 0 Å². The Morgan fingerprint density at radius 1 is 1.38 bits per heavy atom. The lowest BCUT2D eigenvalue weighted by Gasteiger charge is -2.20. The molecule has 0 aromatic rings. The van der Waals surface area contributed by atoms with E-state index in [9.17, 15) is 9.59 Å². The Kier molecular flexibility index (Phi) is 6.24. The van der Waals surface area contributed by atoms with E-state index in [1.165, 1.54) is 6.92 Å². The maximum absolute atomic E-state index is 11.7. The number of hydrogen-bond donors (Lipinski definition) is 2. The fraction of sp³-hybridized carbons (Fsp3) is 0.667. The van der Waals surface area contributed by atoms with E-state index >= 15 is 0 Å². The van der Waals surface area contributed by atoms with Crippen molar-refractivity contribution in [1.29, 1.82) is 0 Å². The molecule has 90 valence electrons. The molecule has 0 aromatic heterocycles. The van der Waals surface area contributed by atoms with Gasteiger partial charge in [-0.05, 0) is 6.42 Å². The summed E-state index contributed by atoms with van der Waals surface area (Å²) in [6.45, 7) is 5.05. The van der Waals surface area contributed by atoms with E-state index in [-0.39, 0.29) is 11.9 Å². The molecule has 0 heterocycles. The smallest absolute Gasteiger partial charge is 0.307 e. The highest BCUT2D eigenvalue weighted by Crippen LogP contribution is 2.12. The number of terminal acetylenes is 1. The second-order valence-electron chi connectivity index (χ2n) is 3.94. The zero-order chi connectivity index (χ0) is 12.7. The third kappa shape index (κ3) is 4.35. The third-order valence-electron chi connectivity index (χ3n) is 2.76. The average molecular weight is 225 g/mol. The van der Waals surface area contributed by atoms with E-state index in [0.29, 0.717) is 6.42 Å². The Hall–Kier alpha value is -1.50. The maximum atomic E-state index is 11.7. The lowest BCUT2D eigenvalue weighted by atomic mass is 9.95. The van der Waals surface area contributed by atoms with Crippen LogP contribution in [0.4, 0.5) is 0 Å². The topological polar surface area (TPSA) is 66.4 Å². The molecule has 0 aliphatic rings. The van der Waals surface area contributed by atoms with Crippen LogP contribution in [0, 0.1) is 24.2 Å². The van der Waals surface area contributed by atoms with Gasteiger partial charge in [-0.25, -0.2) is 0 Å². The van der Waals surface area contributed by atoms with Crippen molar-refractivity contribution in [1.82, 2.24) is 5.32 Å². The number of carboxylic acids is 1. The molecule has 3 unspecified atom stereocenters. The summed E-state index contributed by atoms with van der Waals surface area (Å²) < 4.78 is 0. The number of amides is 1. The minimum absolute atomic E-state index is 0.0686. The van der Waals surface area contributed by atoms with E-state index in [1.54, 1.807) is 6.92 Å². The Morgan fingerprint density at radius 2 is 1.94 bits per heavy atom. The Bertz CT molecular complexity index is 293. The molecule has 2 N–H and O–H groups in total. The first-order valence-corrected chi connectivity index (χ1v) is 5.40. The predicted octanol–water partition coefficient (Wildman–Crippen LogP) is 1.26. The Morgan fingerprint density at radius 3 is 2.31 bits per heavy atom. The minimum Gasteiger partial charge on any atom is -0.481 e. The van der Waals surface area contributed by atoms with Gasteiger partial charge in [-0.3, -0.25) is 9.59 Å². The van der Waals surface area contributed by atoms with Gasteiger partial charge in [-0.1, -0.05) is 20.8 Å². The van der Waals surface area contributed by atoms with Crippen molar-refractivity contribution in [2.24, 2.45) is 11.8 Å². The molecule has 4 heteroatoms. The van der Waals surface area contributed by atoms with Gasteiger partial charge in [0.05, 0.1) is 5.92 Å². The molecule has 0 aliphatic carbocycles. The van der Waals surface area contributed by atoms with E-state index in [4.69, 9.17) is 11.5 Å². The molecule has 0 bridgehead atoms. The van der Waals surface area contributed by atoms with Gasteiger partial charge in [0.2, 0.25) is 5.91 Å². The number of aliphatic carboxylic acids is 1. The molecule has 0 saturated heterocycles. The zero-order valence-corrected chi connectivity index (χ0v) is 9.99. The summed E-state index contributed by atoms with van der Waals surface area (Å²) in [5.41, 5.74) is 0. The van der Waals surface area contributed by atoms with Gasteiger partial charge < -0.3 is 10.4 Å². The molecule has 0 fully saturated rings. The summed E-state index contributed by atoms with van der Waals surface area (Å²) in [7, 11) is 0. The van der Waals surface area contributed by atoms with Crippen molar-refractivity contribution < 1.29 is 14.7 Å².